The maximum Gasteiger partial charge on any atom is 0.381 e. The zero-order valence-corrected chi connectivity index (χ0v) is 20.9. The van der Waals surface area contributed by atoms with Gasteiger partial charge in [-0.05, 0) is 0 Å². The van der Waals surface area contributed by atoms with Gasteiger partial charge >= 0.3 is 70.7 Å². The Bertz CT molecular complexity index is 614. The Balaban J connectivity index is 5.19. The first-order valence-electron chi connectivity index (χ1n) is 5.28. The first kappa shape index (κ1) is 21.4. The van der Waals surface area contributed by atoms with Crippen LogP contribution in [0.4, 0.5) is 0 Å². The monoisotopic (exact) mass is 455 g/mol. The Morgan fingerprint density at radius 2 is 0.952 bits per heavy atom. The largest absolute Gasteiger partial charge is 0.389 e. The van der Waals surface area contributed by atoms with Gasteiger partial charge in [0.25, 0.3) is 0 Å². The van der Waals surface area contributed by atoms with Gasteiger partial charge in [-0.15, -0.1) is 0 Å². The van der Waals surface area contributed by atoms with Gasteiger partial charge < -0.3 is 40.2 Å². The Labute approximate surface area is 132 Å². The molecule has 0 aromatic heterocycles. The van der Waals surface area contributed by atoms with Crippen LogP contribution in [0.15, 0.2) is 0 Å². The fraction of sp³-hybridized carbons (Fsp3) is 1.00. The molecule has 0 spiro atoms. The van der Waals surface area contributed by atoms with Crippen LogP contribution < -0.4 is 0 Å². The number of rotatable bonds is 9. The summed E-state index contributed by atoms with van der Waals surface area (Å²) in [6.45, 7) is 3.23. The summed E-state index contributed by atoms with van der Waals surface area (Å²) < 4.78 is 103. The van der Waals surface area contributed by atoms with Crippen LogP contribution in [0.3, 0.4) is 0 Å². The minimum atomic E-state index is -3.58. The summed E-state index contributed by atoms with van der Waals surface area (Å²) >= 11 is 0. The molecule has 0 aliphatic rings. The van der Waals surface area contributed by atoms with E-state index < -0.39 is 79.0 Å². The topological polar surface area (TPSA) is 154 Å². The SMILES string of the molecule is C[SiH](C)[Si](=O)[Si](=O)[Si](=O)[Si](=O)[Si](=O)[Si](=O)[Si](=O)[Si](=O)[Si]=O. The first-order valence-corrected chi connectivity index (χ1v) is 29.6. The van der Waals surface area contributed by atoms with Gasteiger partial charge in [0.1, 0.15) is 0 Å². The van der Waals surface area contributed by atoms with E-state index in [1.165, 1.54) is 0 Å². The van der Waals surface area contributed by atoms with Crippen molar-refractivity contribution >= 4 is 79.0 Å². The molecule has 0 fully saturated rings. The minimum absolute atomic E-state index is 1.45. The van der Waals surface area contributed by atoms with Crippen LogP contribution in [0.1, 0.15) is 0 Å². The maximum absolute atomic E-state index is 11.8. The molecule has 0 aromatic carbocycles. The van der Waals surface area contributed by atoms with Gasteiger partial charge in [-0.25, -0.2) is 0 Å². The summed E-state index contributed by atoms with van der Waals surface area (Å²) in [5, 5.41) is 0. The molecule has 0 rings (SSSR count). The van der Waals surface area contributed by atoms with Crippen molar-refractivity contribution < 1.29 is 40.2 Å². The van der Waals surface area contributed by atoms with Crippen molar-refractivity contribution in [3.8, 4) is 0 Å². The van der Waals surface area contributed by atoms with E-state index in [0.29, 0.717) is 0 Å². The average molecular weight is 456 g/mol. The molecular formula is C2H7O9Si10. The Morgan fingerprint density at radius 1 is 0.619 bits per heavy atom. The molecule has 21 heavy (non-hydrogen) atoms. The number of hydrogen-bond acceptors (Lipinski definition) is 9. The standard InChI is InChI=1S/C2H7O9Si10/c1-13(2)15(5)17(7)19(9)21(11)20(10)18(8)16(6)14(4)12-3/h13H,1-2H3. The van der Waals surface area contributed by atoms with Crippen molar-refractivity contribution in [3.05, 3.63) is 0 Å². The lowest BCUT2D eigenvalue weighted by molar-refractivity contribution is 0.535. The molecule has 0 unspecified atom stereocenters. The summed E-state index contributed by atoms with van der Waals surface area (Å²) in [6, 6.07) is 0. The summed E-state index contributed by atoms with van der Waals surface area (Å²) in [7, 11) is -29.7. The molecule has 9 nitrogen and oxygen atoms in total. The van der Waals surface area contributed by atoms with E-state index in [9.17, 15) is 40.2 Å². The first-order chi connectivity index (χ1) is 9.56. The molecule has 0 saturated heterocycles. The van der Waals surface area contributed by atoms with Gasteiger partial charge in [0.05, 0.1) is 8.31 Å². The molecule has 0 aliphatic heterocycles. The molecule has 0 bridgehead atoms. The van der Waals surface area contributed by atoms with Crippen LogP contribution in [0.5, 0.6) is 0 Å². The Morgan fingerprint density at radius 3 is 1.29 bits per heavy atom. The summed E-state index contributed by atoms with van der Waals surface area (Å²) in [5.74, 6) is 0. The van der Waals surface area contributed by atoms with Crippen molar-refractivity contribution in [3.63, 3.8) is 0 Å². The van der Waals surface area contributed by atoms with Crippen molar-refractivity contribution in [2.75, 3.05) is 0 Å². The van der Waals surface area contributed by atoms with E-state index in [-0.39, 0.29) is 0 Å². The quantitative estimate of drug-likeness (QED) is 0.316. The normalized spacial score (nSPS) is 9.67. The summed E-state index contributed by atoms with van der Waals surface area (Å²) in [6.07, 6.45) is 0. The van der Waals surface area contributed by atoms with Gasteiger partial charge in [-0.1, -0.05) is 13.1 Å². The van der Waals surface area contributed by atoms with Crippen molar-refractivity contribution in [1.29, 1.82) is 0 Å². The number of hydrogen-bond donors (Lipinski definition) is 0. The van der Waals surface area contributed by atoms with Crippen LogP contribution in [0.2, 0.25) is 13.1 Å². The van der Waals surface area contributed by atoms with E-state index in [2.05, 4.69) is 0 Å². The molecule has 0 saturated carbocycles. The molecule has 0 N–H and O–H groups in total. The fourth-order valence-corrected chi connectivity index (χ4v) is 92.7. The molecule has 19 heteroatoms. The lowest BCUT2D eigenvalue weighted by Gasteiger charge is -1.94. The van der Waals surface area contributed by atoms with E-state index in [0.717, 1.165) is 0 Å². The van der Waals surface area contributed by atoms with Crippen LogP contribution in [0.25, 0.3) is 0 Å². The summed E-state index contributed by atoms with van der Waals surface area (Å²) in [5.41, 5.74) is 0. The molecule has 1 radical (unpaired) electrons. The van der Waals surface area contributed by atoms with Crippen LogP contribution in [-0.2, 0) is 40.2 Å². The van der Waals surface area contributed by atoms with Gasteiger partial charge in [0.2, 0.25) is 0 Å². The van der Waals surface area contributed by atoms with Crippen molar-refractivity contribution in [1.82, 2.24) is 0 Å². The predicted octanol–water partition coefficient (Wildman–Crippen LogP) is -3.98. The highest BCUT2D eigenvalue weighted by Crippen LogP contribution is 1.86. The van der Waals surface area contributed by atoms with E-state index in [1.807, 2.05) is 0 Å². The summed E-state index contributed by atoms with van der Waals surface area (Å²) in [4.78, 5) is 0. The fourth-order valence-electron chi connectivity index (χ4n) is 0.936. The third-order valence-electron chi connectivity index (χ3n) is 2.08. The molecule has 0 atom stereocenters. The molecule has 0 heterocycles. The van der Waals surface area contributed by atoms with Gasteiger partial charge in [0, 0.05) is 0 Å². The lowest BCUT2D eigenvalue weighted by atomic mass is 11.9. The van der Waals surface area contributed by atoms with Gasteiger partial charge in [-0.2, -0.15) is 0 Å². The van der Waals surface area contributed by atoms with E-state index in [1.54, 1.807) is 13.1 Å². The predicted molar refractivity (Wildman–Crippen MR) is 76.8 cm³/mol. The zero-order chi connectivity index (χ0) is 16.9. The molecular weight excluding hydrogens is 449 g/mol. The van der Waals surface area contributed by atoms with E-state index >= 15 is 0 Å². The van der Waals surface area contributed by atoms with Crippen LogP contribution in [0, 0.1) is 0 Å². The third kappa shape index (κ3) is 5.82. The Kier molecular flexibility index (Phi) is 9.66. The third-order valence-corrected chi connectivity index (χ3v) is 70.0. The maximum atomic E-state index is 11.8. The second kappa shape index (κ2) is 9.49. The van der Waals surface area contributed by atoms with E-state index in [4.69, 9.17) is 0 Å². The molecule has 0 aromatic rings. The van der Waals surface area contributed by atoms with Gasteiger partial charge in [-0.3, -0.25) is 0 Å². The second-order valence-electron chi connectivity index (χ2n) is 3.92. The van der Waals surface area contributed by atoms with Crippen LogP contribution in [-0.4, -0.2) is 79.0 Å². The zero-order valence-electron chi connectivity index (χ0n) is 10.8. The van der Waals surface area contributed by atoms with Crippen LogP contribution >= 0.6 is 0 Å². The Hall–Kier alpha value is 0.369. The molecule has 0 amide bonds. The van der Waals surface area contributed by atoms with Crippen molar-refractivity contribution in [2.45, 2.75) is 13.1 Å². The highest BCUT2D eigenvalue weighted by molar-refractivity contribution is 7.76. The average Bonchev–Trinajstić information content (AvgIpc) is 2.48. The lowest BCUT2D eigenvalue weighted by Crippen LogP contribution is -2.52. The minimum Gasteiger partial charge on any atom is -0.389 e. The smallest absolute Gasteiger partial charge is 0.381 e. The second-order valence-corrected chi connectivity index (χ2v) is 50.2. The molecule has 0 aliphatic carbocycles. The van der Waals surface area contributed by atoms with Gasteiger partial charge in [0.15, 0.2) is 0 Å². The highest BCUT2D eigenvalue weighted by Gasteiger charge is 2.49. The highest BCUT2D eigenvalue weighted by atomic mass is 30.0. The van der Waals surface area contributed by atoms with Crippen molar-refractivity contribution in [2.24, 2.45) is 0 Å². The molecule has 109 valence electrons.